The third kappa shape index (κ3) is 4.44. The van der Waals surface area contributed by atoms with Crippen molar-refractivity contribution in [3.05, 3.63) is 35.7 Å². The molecular formula is C20H27N7OS. The van der Waals surface area contributed by atoms with Crippen LogP contribution in [-0.4, -0.2) is 46.3 Å². The van der Waals surface area contributed by atoms with Crippen LogP contribution in [0.2, 0.25) is 0 Å². The molecule has 9 heteroatoms. The van der Waals surface area contributed by atoms with Crippen molar-refractivity contribution in [2.24, 2.45) is 7.05 Å². The summed E-state index contributed by atoms with van der Waals surface area (Å²) in [5.74, 6) is 0.719. The molecule has 0 spiro atoms. The molecule has 0 bridgehead atoms. The van der Waals surface area contributed by atoms with Crippen molar-refractivity contribution in [1.82, 2.24) is 34.4 Å². The Kier molecular flexibility index (Phi) is 5.84. The Hall–Kier alpha value is -2.42. The van der Waals surface area contributed by atoms with E-state index in [1.54, 1.807) is 4.52 Å². The number of aryl methyl sites for hydroxylation is 3. The van der Waals surface area contributed by atoms with E-state index in [1.807, 2.05) is 45.1 Å². The lowest BCUT2D eigenvalue weighted by molar-refractivity contribution is -0.121. The zero-order valence-corrected chi connectivity index (χ0v) is 17.9. The van der Waals surface area contributed by atoms with E-state index >= 15 is 0 Å². The number of carbonyl (C=O) groups excluding carboxylic acids is 1. The summed E-state index contributed by atoms with van der Waals surface area (Å²) in [6.45, 7) is 3.97. The van der Waals surface area contributed by atoms with Crippen LogP contribution in [0, 0.1) is 13.8 Å². The van der Waals surface area contributed by atoms with E-state index in [0.717, 1.165) is 47.8 Å². The summed E-state index contributed by atoms with van der Waals surface area (Å²) in [5, 5.41) is 9.09. The Labute approximate surface area is 174 Å². The molecule has 0 unspecified atom stereocenters. The summed E-state index contributed by atoms with van der Waals surface area (Å²) in [6.07, 6.45) is 10.7. The van der Waals surface area contributed by atoms with Crippen LogP contribution >= 0.6 is 11.8 Å². The summed E-state index contributed by atoms with van der Waals surface area (Å²) >= 11 is 1.85. The summed E-state index contributed by atoms with van der Waals surface area (Å²) in [5.41, 5.74) is 3.00. The Morgan fingerprint density at radius 2 is 2.03 bits per heavy atom. The molecular weight excluding hydrogens is 386 g/mol. The smallest absolute Gasteiger partial charge is 0.252 e. The van der Waals surface area contributed by atoms with Crippen molar-refractivity contribution >= 4 is 23.4 Å². The molecule has 1 saturated carbocycles. The van der Waals surface area contributed by atoms with E-state index in [-0.39, 0.29) is 11.9 Å². The SMILES string of the molecule is Cc1nc2ncnn2c(C)c1CCC(=O)NC1CCC(Sc2nccn2C)CC1. The number of carbonyl (C=O) groups is 1. The standard InChI is InChI=1S/C20H27N7OS/c1-13-17(14(2)27-19(24-13)22-12-23-27)8-9-18(28)25-15-4-6-16(7-5-15)29-20-21-10-11-26(20)3/h10-12,15-16H,4-9H2,1-3H3,(H,25,28). The molecule has 3 aromatic rings. The molecule has 0 aromatic carbocycles. The number of imidazole rings is 1. The van der Waals surface area contributed by atoms with Gasteiger partial charge in [0.25, 0.3) is 5.78 Å². The Balaban J connectivity index is 1.26. The Morgan fingerprint density at radius 1 is 1.24 bits per heavy atom. The molecule has 0 saturated heterocycles. The predicted molar refractivity (Wildman–Crippen MR) is 112 cm³/mol. The van der Waals surface area contributed by atoms with Gasteiger partial charge in [0.15, 0.2) is 5.16 Å². The molecule has 1 amide bonds. The maximum atomic E-state index is 12.5. The van der Waals surface area contributed by atoms with Gasteiger partial charge in [0, 0.05) is 48.5 Å². The zero-order valence-electron chi connectivity index (χ0n) is 17.1. The van der Waals surface area contributed by atoms with Crippen LogP contribution in [0.5, 0.6) is 0 Å². The van der Waals surface area contributed by atoms with Gasteiger partial charge in [-0.3, -0.25) is 4.79 Å². The lowest BCUT2D eigenvalue weighted by Gasteiger charge is -2.28. The maximum absolute atomic E-state index is 12.5. The van der Waals surface area contributed by atoms with Crippen LogP contribution in [0.1, 0.15) is 49.1 Å². The van der Waals surface area contributed by atoms with E-state index in [2.05, 4.69) is 29.9 Å². The molecule has 0 radical (unpaired) electrons. The molecule has 1 fully saturated rings. The van der Waals surface area contributed by atoms with Gasteiger partial charge >= 0.3 is 0 Å². The lowest BCUT2D eigenvalue weighted by atomic mass is 9.94. The van der Waals surface area contributed by atoms with E-state index in [0.29, 0.717) is 23.9 Å². The number of aromatic nitrogens is 6. The molecule has 154 valence electrons. The molecule has 3 heterocycles. The summed E-state index contributed by atoms with van der Waals surface area (Å²) in [7, 11) is 2.03. The molecule has 8 nitrogen and oxygen atoms in total. The maximum Gasteiger partial charge on any atom is 0.252 e. The number of fused-ring (bicyclic) bond motifs is 1. The van der Waals surface area contributed by atoms with Crippen LogP contribution in [-0.2, 0) is 18.3 Å². The summed E-state index contributed by atoms with van der Waals surface area (Å²) in [4.78, 5) is 25.5. The quantitative estimate of drug-likeness (QED) is 0.668. The molecule has 0 atom stereocenters. The fourth-order valence-electron chi connectivity index (χ4n) is 4.00. The number of nitrogens with zero attached hydrogens (tertiary/aromatic N) is 6. The van der Waals surface area contributed by atoms with Crippen LogP contribution < -0.4 is 5.32 Å². The molecule has 29 heavy (non-hydrogen) atoms. The molecule has 4 rings (SSSR count). The average molecular weight is 414 g/mol. The van der Waals surface area contributed by atoms with E-state index in [9.17, 15) is 4.79 Å². The molecule has 1 aliphatic rings. The van der Waals surface area contributed by atoms with Gasteiger partial charge in [-0.05, 0) is 51.5 Å². The van der Waals surface area contributed by atoms with Crippen molar-refractivity contribution in [2.45, 2.75) is 68.8 Å². The molecule has 1 aliphatic carbocycles. The van der Waals surface area contributed by atoms with Gasteiger partial charge in [0.2, 0.25) is 5.91 Å². The zero-order chi connectivity index (χ0) is 20.4. The van der Waals surface area contributed by atoms with E-state index < -0.39 is 0 Å². The van der Waals surface area contributed by atoms with Crippen LogP contribution in [0.15, 0.2) is 23.9 Å². The number of amides is 1. The van der Waals surface area contributed by atoms with Crippen molar-refractivity contribution in [3.63, 3.8) is 0 Å². The van der Waals surface area contributed by atoms with Crippen LogP contribution in [0.25, 0.3) is 5.78 Å². The van der Waals surface area contributed by atoms with Crippen molar-refractivity contribution in [1.29, 1.82) is 0 Å². The monoisotopic (exact) mass is 413 g/mol. The van der Waals surface area contributed by atoms with Crippen molar-refractivity contribution in [3.8, 4) is 0 Å². The first-order valence-electron chi connectivity index (χ1n) is 10.1. The highest BCUT2D eigenvalue weighted by Crippen LogP contribution is 2.32. The molecule has 0 aliphatic heterocycles. The van der Waals surface area contributed by atoms with Gasteiger partial charge in [0.1, 0.15) is 6.33 Å². The van der Waals surface area contributed by atoms with Gasteiger partial charge in [-0.2, -0.15) is 10.1 Å². The van der Waals surface area contributed by atoms with E-state index in [4.69, 9.17) is 0 Å². The van der Waals surface area contributed by atoms with Crippen LogP contribution in [0.4, 0.5) is 0 Å². The van der Waals surface area contributed by atoms with Gasteiger partial charge in [0.05, 0.1) is 0 Å². The normalized spacial score (nSPS) is 19.6. The topological polar surface area (TPSA) is 90.0 Å². The average Bonchev–Trinajstić information content (AvgIpc) is 3.32. The minimum absolute atomic E-state index is 0.114. The first kappa shape index (κ1) is 19.9. The first-order chi connectivity index (χ1) is 14.0. The Morgan fingerprint density at radius 3 is 2.76 bits per heavy atom. The van der Waals surface area contributed by atoms with Crippen molar-refractivity contribution < 1.29 is 4.79 Å². The highest BCUT2D eigenvalue weighted by molar-refractivity contribution is 7.99. The Bertz CT molecular complexity index is 1000. The molecule has 1 N–H and O–H groups in total. The van der Waals surface area contributed by atoms with Gasteiger partial charge in [-0.15, -0.1) is 0 Å². The minimum Gasteiger partial charge on any atom is -0.353 e. The van der Waals surface area contributed by atoms with Gasteiger partial charge in [-0.25, -0.2) is 14.5 Å². The van der Waals surface area contributed by atoms with Gasteiger partial charge in [-0.1, -0.05) is 11.8 Å². The predicted octanol–water partition coefficient (Wildman–Crippen LogP) is 2.63. The van der Waals surface area contributed by atoms with E-state index in [1.165, 1.54) is 6.33 Å². The lowest BCUT2D eigenvalue weighted by Crippen LogP contribution is -2.38. The fraction of sp³-hybridized carbons (Fsp3) is 0.550. The highest BCUT2D eigenvalue weighted by Gasteiger charge is 2.24. The fourth-order valence-corrected chi connectivity index (χ4v) is 5.15. The van der Waals surface area contributed by atoms with Crippen molar-refractivity contribution in [2.75, 3.05) is 0 Å². The number of rotatable bonds is 6. The third-order valence-electron chi connectivity index (χ3n) is 5.68. The van der Waals surface area contributed by atoms with Crippen LogP contribution in [0.3, 0.4) is 0 Å². The third-order valence-corrected chi connectivity index (χ3v) is 7.09. The number of nitrogens with one attached hydrogen (secondary N) is 1. The highest BCUT2D eigenvalue weighted by atomic mass is 32.2. The summed E-state index contributed by atoms with van der Waals surface area (Å²) < 4.78 is 3.80. The minimum atomic E-state index is 0.114. The second-order valence-electron chi connectivity index (χ2n) is 7.71. The summed E-state index contributed by atoms with van der Waals surface area (Å²) in [6, 6.07) is 0.277. The number of hydrogen-bond donors (Lipinski definition) is 1. The second-order valence-corrected chi connectivity index (χ2v) is 8.98. The molecule has 3 aromatic heterocycles. The first-order valence-corrected chi connectivity index (χ1v) is 11.0. The number of hydrogen-bond acceptors (Lipinski definition) is 6. The number of thioether (sulfide) groups is 1. The van der Waals surface area contributed by atoms with Gasteiger partial charge < -0.3 is 9.88 Å². The second kappa shape index (κ2) is 8.52. The largest absolute Gasteiger partial charge is 0.353 e.